The Morgan fingerprint density at radius 3 is 2.54 bits per heavy atom. The van der Waals surface area contributed by atoms with Gasteiger partial charge in [-0.1, -0.05) is 43.5 Å². The third-order valence-electron chi connectivity index (χ3n) is 4.43. The van der Waals surface area contributed by atoms with Crippen LogP contribution in [0.1, 0.15) is 32.6 Å². The molecule has 0 saturated heterocycles. The maximum absolute atomic E-state index is 12.2. The van der Waals surface area contributed by atoms with Crippen LogP contribution in [0, 0.1) is 5.92 Å². The molecular formula is C18H26ClN3O2. The summed E-state index contributed by atoms with van der Waals surface area (Å²) in [7, 11) is 1.76. The summed E-state index contributed by atoms with van der Waals surface area (Å²) in [5.41, 5.74) is 0.582. The highest BCUT2D eigenvalue weighted by molar-refractivity contribution is 6.33. The number of para-hydroxylation sites is 1. The molecule has 1 saturated carbocycles. The van der Waals surface area contributed by atoms with Gasteiger partial charge in [0.1, 0.15) is 0 Å². The molecule has 132 valence electrons. The number of halogens is 1. The van der Waals surface area contributed by atoms with Crippen LogP contribution in [0.2, 0.25) is 5.02 Å². The van der Waals surface area contributed by atoms with E-state index in [1.54, 1.807) is 30.1 Å². The molecule has 1 fully saturated rings. The van der Waals surface area contributed by atoms with Gasteiger partial charge in [0, 0.05) is 6.04 Å². The van der Waals surface area contributed by atoms with Crippen molar-refractivity contribution in [2.24, 2.45) is 5.92 Å². The number of nitrogens with one attached hydrogen (secondary N) is 2. The zero-order valence-electron chi connectivity index (χ0n) is 14.3. The average Bonchev–Trinajstić information content (AvgIpc) is 2.51. The lowest BCUT2D eigenvalue weighted by Crippen LogP contribution is -2.46. The summed E-state index contributed by atoms with van der Waals surface area (Å²) >= 11 is 6.02. The molecule has 2 unspecified atom stereocenters. The molecule has 2 rings (SSSR count). The minimum Gasteiger partial charge on any atom is -0.352 e. The minimum absolute atomic E-state index is 0.0261. The first-order chi connectivity index (χ1) is 11.5. The van der Waals surface area contributed by atoms with Crippen molar-refractivity contribution in [1.29, 1.82) is 0 Å². The number of carbonyl (C=O) groups excluding carboxylic acids is 2. The number of anilines is 1. The number of hydrogen-bond donors (Lipinski definition) is 2. The van der Waals surface area contributed by atoms with Crippen molar-refractivity contribution >= 4 is 29.1 Å². The van der Waals surface area contributed by atoms with Crippen LogP contribution in [-0.4, -0.2) is 42.9 Å². The summed E-state index contributed by atoms with van der Waals surface area (Å²) in [5, 5.41) is 6.35. The van der Waals surface area contributed by atoms with Crippen LogP contribution in [-0.2, 0) is 9.59 Å². The lowest BCUT2D eigenvalue weighted by Gasteiger charge is -2.30. The fraction of sp³-hybridized carbons (Fsp3) is 0.556. The Hall–Kier alpha value is -1.59. The van der Waals surface area contributed by atoms with E-state index in [2.05, 4.69) is 17.6 Å². The molecule has 0 radical (unpaired) electrons. The van der Waals surface area contributed by atoms with Gasteiger partial charge in [-0.2, -0.15) is 0 Å². The Bertz CT molecular complexity index is 579. The smallest absolute Gasteiger partial charge is 0.238 e. The Morgan fingerprint density at radius 1 is 1.17 bits per heavy atom. The highest BCUT2D eigenvalue weighted by Crippen LogP contribution is 2.23. The van der Waals surface area contributed by atoms with Crippen molar-refractivity contribution in [3.63, 3.8) is 0 Å². The molecule has 2 N–H and O–H groups in total. The number of rotatable bonds is 6. The topological polar surface area (TPSA) is 61.4 Å². The Kier molecular flexibility index (Phi) is 7.06. The molecular weight excluding hydrogens is 326 g/mol. The average molecular weight is 352 g/mol. The molecule has 0 heterocycles. The van der Waals surface area contributed by atoms with Crippen LogP contribution in [0.25, 0.3) is 0 Å². The predicted molar refractivity (Wildman–Crippen MR) is 97.1 cm³/mol. The van der Waals surface area contributed by atoms with Crippen molar-refractivity contribution in [1.82, 2.24) is 10.2 Å². The van der Waals surface area contributed by atoms with E-state index >= 15 is 0 Å². The van der Waals surface area contributed by atoms with Crippen LogP contribution < -0.4 is 10.6 Å². The first kappa shape index (κ1) is 18.7. The van der Waals surface area contributed by atoms with E-state index in [9.17, 15) is 9.59 Å². The molecule has 0 aliphatic heterocycles. The van der Waals surface area contributed by atoms with Crippen molar-refractivity contribution in [2.45, 2.75) is 38.6 Å². The molecule has 0 bridgehead atoms. The zero-order valence-corrected chi connectivity index (χ0v) is 15.1. The summed E-state index contributed by atoms with van der Waals surface area (Å²) in [5.74, 6) is 0.308. The number of nitrogens with zero attached hydrogens (tertiary/aromatic N) is 1. The lowest BCUT2D eigenvalue weighted by molar-refractivity contribution is -0.124. The summed E-state index contributed by atoms with van der Waals surface area (Å²) in [6.07, 6.45) is 4.63. The molecule has 6 heteroatoms. The second-order valence-corrected chi connectivity index (χ2v) is 7.04. The van der Waals surface area contributed by atoms with E-state index in [4.69, 9.17) is 11.6 Å². The minimum atomic E-state index is -0.190. The molecule has 1 aliphatic carbocycles. The first-order valence-electron chi connectivity index (χ1n) is 8.48. The molecule has 2 amide bonds. The third kappa shape index (κ3) is 5.80. The Balaban J connectivity index is 1.75. The summed E-state index contributed by atoms with van der Waals surface area (Å²) in [4.78, 5) is 25.9. The van der Waals surface area contributed by atoms with Crippen molar-refractivity contribution in [3.05, 3.63) is 29.3 Å². The zero-order chi connectivity index (χ0) is 17.5. The molecule has 24 heavy (non-hydrogen) atoms. The van der Waals surface area contributed by atoms with E-state index in [-0.39, 0.29) is 30.9 Å². The quantitative estimate of drug-likeness (QED) is 0.828. The largest absolute Gasteiger partial charge is 0.352 e. The van der Waals surface area contributed by atoms with E-state index in [0.29, 0.717) is 16.6 Å². The fourth-order valence-electron chi connectivity index (χ4n) is 3.08. The second-order valence-electron chi connectivity index (χ2n) is 6.64. The van der Waals surface area contributed by atoms with E-state index in [0.717, 1.165) is 6.42 Å². The monoisotopic (exact) mass is 351 g/mol. The van der Waals surface area contributed by atoms with Crippen LogP contribution in [0.15, 0.2) is 24.3 Å². The number of hydrogen-bond acceptors (Lipinski definition) is 3. The highest BCUT2D eigenvalue weighted by atomic mass is 35.5. The van der Waals surface area contributed by atoms with Crippen LogP contribution in [0.3, 0.4) is 0 Å². The Morgan fingerprint density at radius 2 is 1.83 bits per heavy atom. The van der Waals surface area contributed by atoms with Crippen LogP contribution in [0.5, 0.6) is 0 Å². The third-order valence-corrected chi connectivity index (χ3v) is 4.76. The van der Waals surface area contributed by atoms with Gasteiger partial charge in [0.25, 0.3) is 0 Å². The van der Waals surface area contributed by atoms with Gasteiger partial charge in [-0.05, 0) is 37.9 Å². The number of benzene rings is 1. The molecule has 0 spiro atoms. The van der Waals surface area contributed by atoms with E-state index < -0.39 is 0 Å². The summed E-state index contributed by atoms with van der Waals surface area (Å²) in [6, 6.07) is 7.35. The van der Waals surface area contributed by atoms with Gasteiger partial charge in [-0.25, -0.2) is 0 Å². The maximum Gasteiger partial charge on any atom is 0.238 e. The van der Waals surface area contributed by atoms with Crippen LogP contribution in [0.4, 0.5) is 5.69 Å². The van der Waals surface area contributed by atoms with Gasteiger partial charge in [0.2, 0.25) is 11.8 Å². The normalized spacial score (nSPS) is 20.7. The molecule has 2 atom stereocenters. The summed E-state index contributed by atoms with van der Waals surface area (Å²) in [6.45, 7) is 2.53. The number of amides is 2. The van der Waals surface area contributed by atoms with Gasteiger partial charge in [0.05, 0.1) is 23.8 Å². The molecule has 0 aromatic heterocycles. The van der Waals surface area contributed by atoms with Crippen molar-refractivity contribution in [3.8, 4) is 0 Å². The first-order valence-corrected chi connectivity index (χ1v) is 8.86. The van der Waals surface area contributed by atoms with E-state index in [1.807, 2.05) is 6.07 Å². The standard InChI is InChI=1S/C18H26ClN3O2/c1-13-7-3-5-9-15(13)20-17(23)11-22(2)12-18(24)21-16-10-6-4-8-14(16)19/h4,6,8,10,13,15H,3,5,7,9,11-12H2,1-2H3,(H,20,23)(H,21,24). The van der Waals surface area contributed by atoms with Crippen molar-refractivity contribution in [2.75, 3.05) is 25.5 Å². The summed E-state index contributed by atoms with van der Waals surface area (Å²) < 4.78 is 0. The van der Waals surface area contributed by atoms with Gasteiger partial charge in [0.15, 0.2) is 0 Å². The highest BCUT2D eigenvalue weighted by Gasteiger charge is 2.23. The predicted octanol–water partition coefficient (Wildman–Crippen LogP) is 2.91. The van der Waals surface area contributed by atoms with Gasteiger partial charge >= 0.3 is 0 Å². The molecule has 5 nitrogen and oxygen atoms in total. The Labute approximate surface area is 148 Å². The molecule has 1 aliphatic rings. The fourth-order valence-corrected chi connectivity index (χ4v) is 3.26. The number of carbonyl (C=O) groups is 2. The van der Waals surface area contributed by atoms with Gasteiger partial charge in [-0.3, -0.25) is 14.5 Å². The molecule has 1 aromatic rings. The maximum atomic E-state index is 12.2. The van der Waals surface area contributed by atoms with E-state index in [1.165, 1.54) is 19.3 Å². The SMILES string of the molecule is CC1CCCCC1NC(=O)CN(C)CC(=O)Nc1ccccc1Cl. The van der Waals surface area contributed by atoms with Crippen molar-refractivity contribution < 1.29 is 9.59 Å². The lowest BCUT2D eigenvalue weighted by atomic mass is 9.86. The van der Waals surface area contributed by atoms with Crippen LogP contribution >= 0.6 is 11.6 Å². The number of likely N-dealkylation sites (N-methyl/N-ethyl adjacent to an activating group) is 1. The molecule has 1 aromatic carbocycles. The second kappa shape index (κ2) is 9.04. The van der Waals surface area contributed by atoms with Gasteiger partial charge < -0.3 is 10.6 Å². The van der Waals surface area contributed by atoms with Gasteiger partial charge in [-0.15, -0.1) is 0 Å².